The smallest absolute Gasteiger partial charge is 0.129 e. The molecule has 0 saturated carbocycles. The predicted molar refractivity (Wildman–Crippen MR) is 88.4 cm³/mol. The first kappa shape index (κ1) is 16.1. The third-order valence-electron chi connectivity index (χ3n) is 3.57. The van der Waals surface area contributed by atoms with Crippen molar-refractivity contribution in [2.75, 3.05) is 0 Å². The molecule has 0 bridgehead atoms. The second-order valence-electron chi connectivity index (χ2n) is 6.11. The molecular weight excluding hydrogens is 331 g/mol. The van der Waals surface area contributed by atoms with Gasteiger partial charge in [-0.1, -0.05) is 67.0 Å². The lowest BCUT2D eigenvalue weighted by atomic mass is 9.86. The van der Waals surface area contributed by atoms with Crippen molar-refractivity contribution in [3.8, 4) is 0 Å². The molecule has 21 heavy (non-hydrogen) atoms. The molecule has 2 nitrogen and oxygen atoms in total. The molecule has 0 radical (unpaired) electrons. The summed E-state index contributed by atoms with van der Waals surface area (Å²) in [6.07, 6.45) is 0. The van der Waals surface area contributed by atoms with E-state index in [0.717, 1.165) is 5.56 Å². The Hall–Kier alpha value is -1.23. The Morgan fingerprint density at radius 1 is 1.10 bits per heavy atom. The van der Waals surface area contributed by atoms with Gasteiger partial charge in [0.25, 0.3) is 0 Å². The Morgan fingerprint density at radius 3 is 2.19 bits per heavy atom. The van der Waals surface area contributed by atoms with Gasteiger partial charge in [-0.15, -0.1) is 0 Å². The van der Waals surface area contributed by atoms with E-state index in [4.69, 9.17) is 5.84 Å². The fourth-order valence-electron chi connectivity index (χ4n) is 2.31. The molecule has 0 amide bonds. The summed E-state index contributed by atoms with van der Waals surface area (Å²) in [4.78, 5) is 0. The minimum Gasteiger partial charge on any atom is -0.271 e. The maximum Gasteiger partial charge on any atom is 0.129 e. The quantitative estimate of drug-likeness (QED) is 0.634. The van der Waals surface area contributed by atoms with Crippen LogP contribution in [0.4, 0.5) is 4.39 Å². The minimum atomic E-state index is -0.394. The molecule has 0 aliphatic heterocycles. The van der Waals surface area contributed by atoms with Gasteiger partial charge in [0, 0.05) is 10.0 Å². The molecule has 2 rings (SSSR count). The first-order valence-electron chi connectivity index (χ1n) is 6.85. The number of nitrogens with two attached hydrogens (primary N) is 1. The van der Waals surface area contributed by atoms with E-state index in [0.29, 0.717) is 10.0 Å². The Labute approximate surface area is 133 Å². The molecule has 0 heterocycles. The zero-order chi connectivity index (χ0) is 15.6. The number of halogens is 2. The van der Waals surface area contributed by atoms with E-state index < -0.39 is 6.04 Å². The van der Waals surface area contributed by atoms with Crippen molar-refractivity contribution < 1.29 is 4.39 Å². The van der Waals surface area contributed by atoms with Crippen LogP contribution in [0.1, 0.15) is 43.5 Å². The van der Waals surface area contributed by atoms with Gasteiger partial charge in [-0.3, -0.25) is 5.84 Å². The largest absolute Gasteiger partial charge is 0.271 e. The standard InChI is InChI=1S/C17H20BrFN2/c1-17(2,3)12-9-7-11(8-10-12)16(21-20)15-13(18)5-4-6-14(15)19/h4-10,16,21H,20H2,1-3H3. The molecule has 0 saturated heterocycles. The Balaban J connectivity index is 2.43. The van der Waals surface area contributed by atoms with E-state index in [1.54, 1.807) is 6.07 Å². The lowest BCUT2D eigenvalue weighted by Gasteiger charge is -2.22. The van der Waals surface area contributed by atoms with Gasteiger partial charge < -0.3 is 0 Å². The Bertz CT molecular complexity index is 597. The summed E-state index contributed by atoms with van der Waals surface area (Å²) in [6.45, 7) is 6.48. The Kier molecular flexibility index (Phi) is 4.81. The lowest BCUT2D eigenvalue weighted by molar-refractivity contribution is 0.556. The first-order chi connectivity index (χ1) is 9.84. The van der Waals surface area contributed by atoms with Crippen LogP contribution in [-0.2, 0) is 5.41 Å². The third kappa shape index (κ3) is 3.51. The fourth-order valence-corrected chi connectivity index (χ4v) is 2.88. The van der Waals surface area contributed by atoms with Crippen molar-refractivity contribution in [2.24, 2.45) is 5.84 Å². The number of hydrogen-bond donors (Lipinski definition) is 2. The highest BCUT2D eigenvalue weighted by Crippen LogP contribution is 2.31. The van der Waals surface area contributed by atoms with Crippen LogP contribution in [0.2, 0.25) is 0 Å². The average molecular weight is 351 g/mol. The van der Waals surface area contributed by atoms with Crippen LogP contribution in [0, 0.1) is 5.82 Å². The van der Waals surface area contributed by atoms with Crippen LogP contribution in [0.15, 0.2) is 46.9 Å². The number of rotatable bonds is 3. The first-order valence-corrected chi connectivity index (χ1v) is 7.64. The number of benzene rings is 2. The van der Waals surface area contributed by atoms with Gasteiger partial charge in [0.1, 0.15) is 5.82 Å². The fraction of sp³-hybridized carbons (Fsp3) is 0.294. The normalized spacial score (nSPS) is 13.2. The van der Waals surface area contributed by atoms with Gasteiger partial charge in [-0.25, -0.2) is 9.82 Å². The van der Waals surface area contributed by atoms with E-state index in [1.165, 1.54) is 11.6 Å². The number of hydrazine groups is 1. The summed E-state index contributed by atoms with van der Waals surface area (Å²) in [5.74, 6) is 5.38. The molecular formula is C17H20BrFN2. The van der Waals surface area contributed by atoms with Gasteiger partial charge in [0.15, 0.2) is 0 Å². The third-order valence-corrected chi connectivity index (χ3v) is 4.26. The lowest BCUT2D eigenvalue weighted by Crippen LogP contribution is -2.30. The molecule has 0 aromatic heterocycles. The van der Waals surface area contributed by atoms with Crippen LogP contribution >= 0.6 is 15.9 Å². The zero-order valence-corrected chi connectivity index (χ0v) is 14.0. The van der Waals surface area contributed by atoms with Crippen molar-refractivity contribution in [3.05, 3.63) is 69.4 Å². The second-order valence-corrected chi connectivity index (χ2v) is 6.96. The van der Waals surface area contributed by atoms with E-state index in [9.17, 15) is 4.39 Å². The summed E-state index contributed by atoms with van der Waals surface area (Å²) in [5, 5.41) is 0. The highest BCUT2D eigenvalue weighted by Gasteiger charge is 2.20. The SMILES string of the molecule is CC(C)(C)c1ccc(C(NN)c2c(F)cccc2Br)cc1. The topological polar surface area (TPSA) is 38.0 Å². The summed E-state index contributed by atoms with van der Waals surface area (Å²) >= 11 is 3.40. The van der Waals surface area contributed by atoms with Crippen LogP contribution < -0.4 is 11.3 Å². The van der Waals surface area contributed by atoms with E-state index >= 15 is 0 Å². The molecule has 2 aromatic carbocycles. The molecule has 0 aliphatic rings. The summed E-state index contributed by atoms with van der Waals surface area (Å²) in [6, 6.07) is 12.6. The summed E-state index contributed by atoms with van der Waals surface area (Å²) in [5.41, 5.74) is 5.47. The van der Waals surface area contributed by atoms with Gasteiger partial charge in [-0.2, -0.15) is 0 Å². The van der Waals surface area contributed by atoms with E-state index in [-0.39, 0.29) is 11.2 Å². The molecule has 1 atom stereocenters. The van der Waals surface area contributed by atoms with Crippen molar-refractivity contribution in [2.45, 2.75) is 32.2 Å². The van der Waals surface area contributed by atoms with Crippen LogP contribution in [0.25, 0.3) is 0 Å². The van der Waals surface area contributed by atoms with E-state index in [2.05, 4.69) is 54.3 Å². The van der Waals surface area contributed by atoms with Crippen molar-refractivity contribution in [3.63, 3.8) is 0 Å². The van der Waals surface area contributed by atoms with Gasteiger partial charge in [0.05, 0.1) is 6.04 Å². The molecule has 4 heteroatoms. The zero-order valence-electron chi connectivity index (χ0n) is 12.5. The highest BCUT2D eigenvalue weighted by molar-refractivity contribution is 9.10. The highest BCUT2D eigenvalue weighted by atomic mass is 79.9. The predicted octanol–water partition coefficient (Wildman–Crippen LogP) is 4.44. The van der Waals surface area contributed by atoms with Crippen molar-refractivity contribution >= 4 is 15.9 Å². The number of hydrogen-bond acceptors (Lipinski definition) is 2. The van der Waals surface area contributed by atoms with Gasteiger partial charge in [0.2, 0.25) is 0 Å². The van der Waals surface area contributed by atoms with Crippen LogP contribution in [0.3, 0.4) is 0 Å². The van der Waals surface area contributed by atoms with Gasteiger partial charge in [-0.05, 0) is 28.7 Å². The minimum absolute atomic E-state index is 0.0861. The van der Waals surface area contributed by atoms with Crippen LogP contribution in [-0.4, -0.2) is 0 Å². The monoisotopic (exact) mass is 350 g/mol. The maximum absolute atomic E-state index is 14.1. The average Bonchev–Trinajstić information content (AvgIpc) is 2.42. The molecule has 112 valence electrons. The molecule has 2 aromatic rings. The number of nitrogens with one attached hydrogen (secondary N) is 1. The van der Waals surface area contributed by atoms with Crippen molar-refractivity contribution in [1.29, 1.82) is 0 Å². The maximum atomic E-state index is 14.1. The Morgan fingerprint density at radius 2 is 1.71 bits per heavy atom. The van der Waals surface area contributed by atoms with Crippen molar-refractivity contribution in [1.82, 2.24) is 5.43 Å². The van der Waals surface area contributed by atoms with Crippen LogP contribution in [0.5, 0.6) is 0 Å². The summed E-state index contributed by atoms with van der Waals surface area (Å²) < 4.78 is 14.8. The van der Waals surface area contributed by atoms with Gasteiger partial charge >= 0.3 is 0 Å². The molecule has 0 spiro atoms. The molecule has 1 unspecified atom stereocenters. The van der Waals surface area contributed by atoms with E-state index in [1.807, 2.05) is 18.2 Å². The second kappa shape index (κ2) is 6.26. The molecule has 0 fully saturated rings. The molecule has 3 N–H and O–H groups in total. The molecule has 0 aliphatic carbocycles. The summed E-state index contributed by atoms with van der Waals surface area (Å²) in [7, 11) is 0.